The van der Waals surface area contributed by atoms with Gasteiger partial charge in [0.1, 0.15) is 28.7 Å². The SMILES string of the molecule is CCN(CN)C(=O)N[C@H]1C[C@@H](c2cccc(F)c2)C[C@]1(O)c1c(O)cc(OC)cc1OC.Clc1ccccc1. The number of phenolic OH excluding ortho intramolecular Hbond substituents is 1. The van der Waals surface area contributed by atoms with E-state index in [0.717, 1.165) is 5.02 Å². The number of urea groups is 1. The second-order valence-corrected chi connectivity index (χ2v) is 9.61. The summed E-state index contributed by atoms with van der Waals surface area (Å²) in [5.41, 5.74) is 4.80. The highest BCUT2D eigenvalue weighted by Crippen LogP contribution is 2.52. The van der Waals surface area contributed by atoms with E-state index in [9.17, 15) is 19.4 Å². The van der Waals surface area contributed by atoms with Crippen molar-refractivity contribution >= 4 is 17.6 Å². The van der Waals surface area contributed by atoms with Crippen LogP contribution in [0.2, 0.25) is 5.02 Å². The first-order chi connectivity index (χ1) is 18.7. The van der Waals surface area contributed by atoms with Gasteiger partial charge in [0.05, 0.1) is 32.5 Å². The zero-order chi connectivity index (χ0) is 28.6. The third-order valence-corrected chi connectivity index (χ3v) is 7.09. The molecule has 5 N–H and O–H groups in total. The maximum atomic E-state index is 13.9. The Bertz CT molecular complexity index is 1240. The summed E-state index contributed by atoms with van der Waals surface area (Å²) >= 11 is 5.54. The molecule has 2 amide bonds. The first-order valence-corrected chi connectivity index (χ1v) is 12.9. The number of carbonyl (C=O) groups is 1. The van der Waals surface area contributed by atoms with Gasteiger partial charge in [0.2, 0.25) is 0 Å². The van der Waals surface area contributed by atoms with Gasteiger partial charge in [-0.15, -0.1) is 0 Å². The van der Waals surface area contributed by atoms with Gasteiger partial charge < -0.3 is 35.6 Å². The number of hydrogen-bond donors (Lipinski definition) is 4. The molecule has 0 radical (unpaired) electrons. The molecule has 0 saturated heterocycles. The number of amides is 2. The molecule has 210 valence electrons. The molecule has 3 atom stereocenters. The van der Waals surface area contributed by atoms with E-state index in [0.29, 0.717) is 24.3 Å². The predicted octanol–water partition coefficient (Wildman–Crippen LogP) is 4.97. The minimum Gasteiger partial charge on any atom is -0.507 e. The van der Waals surface area contributed by atoms with Crippen LogP contribution in [0.5, 0.6) is 17.2 Å². The highest BCUT2D eigenvalue weighted by Gasteiger charge is 2.51. The fourth-order valence-corrected chi connectivity index (χ4v) is 5.00. The molecule has 0 spiro atoms. The highest BCUT2D eigenvalue weighted by molar-refractivity contribution is 6.30. The van der Waals surface area contributed by atoms with Gasteiger partial charge in [-0.05, 0) is 55.5 Å². The lowest BCUT2D eigenvalue weighted by Crippen LogP contribution is -2.52. The standard InChI is InChI=1S/C23H30FN3O5.C6H5Cl/c1-4-27(13-25)22(29)26-20-9-15(14-6-5-7-16(24)8-14)12-23(20,30)21-18(28)10-17(31-2)11-19(21)32-3;7-6-4-2-1-3-5-6/h5-8,10-11,15,20,28,30H,4,9,12-13,25H2,1-3H3,(H,26,29);1-5H/t15-,20+,23-;/m1./s1. The van der Waals surface area contributed by atoms with Crippen molar-refractivity contribution in [3.05, 3.63) is 88.7 Å². The zero-order valence-corrected chi connectivity index (χ0v) is 23.0. The van der Waals surface area contributed by atoms with E-state index in [2.05, 4.69) is 5.32 Å². The summed E-state index contributed by atoms with van der Waals surface area (Å²) in [6.07, 6.45) is 0.453. The summed E-state index contributed by atoms with van der Waals surface area (Å²) in [6.45, 7) is 2.19. The average molecular weight is 560 g/mol. The van der Waals surface area contributed by atoms with Crippen molar-refractivity contribution in [2.45, 2.75) is 37.3 Å². The number of halogens is 2. The largest absolute Gasteiger partial charge is 0.507 e. The molecule has 3 aromatic carbocycles. The summed E-state index contributed by atoms with van der Waals surface area (Å²) < 4.78 is 24.5. The fraction of sp³-hybridized carbons (Fsp3) is 0.345. The second kappa shape index (κ2) is 13.5. The van der Waals surface area contributed by atoms with Crippen LogP contribution in [-0.4, -0.2) is 54.6 Å². The minimum absolute atomic E-state index is 0.0118. The van der Waals surface area contributed by atoms with E-state index in [1.165, 1.54) is 37.3 Å². The molecule has 4 rings (SSSR count). The lowest BCUT2D eigenvalue weighted by atomic mass is 9.85. The van der Waals surface area contributed by atoms with Gasteiger partial charge in [-0.2, -0.15) is 0 Å². The number of methoxy groups -OCH3 is 2. The summed E-state index contributed by atoms with van der Waals surface area (Å²) in [5.74, 6) is -0.320. The number of rotatable bonds is 7. The molecule has 0 heterocycles. The molecular weight excluding hydrogens is 525 g/mol. The monoisotopic (exact) mass is 559 g/mol. The van der Waals surface area contributed by atoms with Gasteiger partial charge in [0, 0.05) is 23.7 Å². The van der Waals surface area contributed by atoms with Gasteiger partial charge in [0.25, 0.3) is 0 Å². The Kier molecular flexibility index (Phi) is 10.4. The van der Waals surface area contributed by atoms with E-state index in [1.54, 1.807) is 25.1 Å². The number of aromatic hydroxyl groups is 1. The van der Waals surface area contributed by atoms with Crippen LogP contribution in [0.4, 0.5) is 9.18 Å². The van der Waals surface area contributed by atoms with Crippen LogP contribution in [0.3, 0.4) is 0 Å². The van der Waals surface area contributed by atoms with Crippen molar-refractivity contribution in [1.29, 1.82) is 0 Å². The second-order valence-electron chi connectivity index (χ2n) is 9.18. The van der Waals surface area contributed by atoms with Gasteiger partial charge in [-0.25, -0.2) is 9.18 Å². The molecule has 1 aliphatic rings. The van der Waals surface area contributed by atoms with Crippen LogP contribution in [0.1, 0.15) is 36.8 Å². The van der Waals surface area contributed by atoms with E-state index < -0.39 is 17.7 Å². The van der Waals surface area contributed by atoms with Crippen molar-refractivity contribution in [2.24, 2.45) is 5.73 Å². The Morgan fingerprint density at radius 3 is 2.41 bits per heavy atom. The lowest BCUT2D eigenvalue weighted by molar-refractivity contribution is 0.0125. The number of nitrogens with one attached hydrogen (secondary N) is 1. The van der Waals surface area contributed by atoms with Crippen molar-refractivity contribution in [3.63, 3.8) is 0 Å². The number of phenols is 1. The maximum Gasteiger partial charge on any atom is 0.318 e. The molecule has 39 heavy (non-hydrogen) atoms. The summed E-state index contributed by atoms with van der Waals surface area (Å²) in [6, 6.07) is 17.3. The van der Waals surface area contributed by atoms with E-state index in [4.69, 9.17) is 26.8 Å². The third-order valence-electron chi connectivity index (χ3n) is 6.84. The quantitative estimate of drug-likeness (QED) is 0.304. The molecule has 0 aliphatic heterocycles. The molecule has 0 bridgehead atoms. The van der Waals surface area contributed by atoms with Crippen LogP contribution < -0.4 is 20.5 Å². The zero-order valence-electron chi connectivity index (χ0n) is 22.2. The third kappa shape index (κ3) is 7.11. The molecule has 0 aromatic heterocycles. The Morgan fingerprint density at radius 1 is 1.15 bits per heavy atom. The Morgan fingerprint density at radius 2 is 1.87 bits per heavy atom. The van der Waals surface area contributed by atoms with Crippen LogP contribution in [0.25, 0.3) is 0 Å². The molecule has 0 unspecified atom stereocenters. The first-order valence-electron chi connectivity index (χ1n) is 12.6. The number of aliphatic hydroxyl groups is 1. The van der Waals surface area contributed by atoms with E-state index in [-0.39, 0.29) is 41.9 Å². The summed E-state index contributed by atoms with van der Waals surface area (Å²) in [7, 11) is 2.87. The first kappa shape index (κ1) is 30.0. The van der Waals surface area contributed by atoms with Gasteiger partial charge in [-0.3, -0.25) is 0 Å². The Labute approximate surface area is 233 Å². The average Bonchev–Trinajstić information content (AvgIpc) is 3.25. The molecule has 1 saturated carbocycles. The fourth-order valence-electron chi connectivity index (χ4n) is 4.85. The molecule has 1 aliphatic carbocycles. The Hall–Kier alpha value is -3.53. The lowest BCUT2D eigenvalue weighted by Gasteiger charge is -2.34. The van der Waals surface area contributed by atoms with Crippen molar-refractivity contribution < 1.29 is 28.9 Å². The van der Waals surface area contributed by atoms with Gasteiger partial charge in [-0.1, -0.05) is 41.9 Å². The number of nitrogens with two attached hydrogens (primary N) is 1. The number of nitrogens with zero attached hydrogens (tertiary/aromatic N) is 1. The van der Waals surface area contributed by atoms with Crippen LogP contribution >= 0.6 is 11.6 Å². The predicted molar refractivity (Wildman–Crippen MR) is 149 cm³/mol. The highest BCUT2D eigenvalue weighted by atomic mass is 35.5. The van der Waals surface area contributed by atoms with Crippen molar-refractivity contribution in [1.82, 2.24) is 10.2 Å². The number of ether oxygens (including phenoxy) is 2. The number of carbonyl (C=O) groups excluding carboxylic acids is 1. The molecule has 10 heteroatoms. The van der Waals surface area contributed by atoms with Crippen LogP contribution in [0.15, 0.2) is 66.7 Å². The molecule has 3 aromatic rings. The maximum absolute atomic E-state index is 13.9. The Balaban J connectivity index is 0.000000520. The summed E-state index contributed by atoms with van der Waals surface area (Å²) in [4.78, 5) is 14.2. The number of benzene rings is 3. The smallest absolute Gasteiger partial charge is 0.318 e. The van der Waals surface area contributed by atoms with E-state index >= 15 is 0 Å². The normalized spacial score (nSPS) is 20.0. The topological polar surface area (TPSA) is 117 Å². The number of hydrogen-bond acceptors (Lipinski definition) is 6. The molecular formula is C29H35ClFN3O5. The van der Waals surface area contributed by atoms with Gasteiger partial charge >= 0.3 is 6.03 Å². The van der Waals surface area contributed by atoms with Crippen molar-refractivity contribution in [2.75, 3.05) is 27.4 Å². The van der Waals surface area contributed by atoms with Crippen LogP contribution in [-0.2, 0) is 5.60 Å². The molecule has 1 fully saturated rings. The van der Waals surface area contributed by atoms with Crippen LogP contribution in [0, 0.1) is 5.82 Å². The summed E-state index contributed by atoms with van der Waals surface area (Å²) in [5, 5.41) is 26.4. The minimum atomic E-state index is -1.69. The van der Waals surface area contributed by atoms with E-state index in [1.807, 2.05) is 30.3 Å². The van der Waals surface area contributed by atoms with Gasteiger partial charge in [0.15, 0.2) is 0 Å². The molecule has 8 nitrogen and oxygen atoms in total. The van der Waals surface area contributed by atoms with Crippen molar-refractivity contribution in [3.8, 4) is 17.2 Å².